The molecule has 1 atom stereocenters. The molecule has 5 heteroatoms. The fourth-order valence-corrected chi connectivity index (χ4v) is 3.62. The summed E-state index contributed by atoms with van der Waals surface area (Å²) in [6.45, 7) is 0. The van der Waals surface area contributed by atoms with Gasteiger partial charge in [-0.05, 0) is 40.1 Å². The molecule has 0 aliphatic carbocycles. The number of halogens is 1. The van der Waals surface area contributed by atoms with Crippen molar-refractivity contribution in [1.82, 2.24) is 5.32 Å². The van der Waals surface area contributed by atoms with E-state index in [2.05, 4.69) is 21.2 Å². The van der Waals surface area contributed by atoms with E-state index in [0.717, 1.165) is 15.6 Å². The number of benzene rings is 1. The number of carbonyl (C=O) groups excluding carboxylic acids is 2. The van der Waals surface area contributed by atoms with E-state index in [1.54, 1.807) is 11.3 Å². The Bertz CT molecular complexity index is 633. The van der Waals surface area contributed by atoms with Crippen LogP contribution in [0.3, 0.4) is 0 Å². The van der Waals surface area contributed by atoms with Gasteiger partial charge in [-0.2, -0.15) is 11.3 Å². The summed E-state index contributed by atoms with van der Waals surface area (Å²) in [4.78, 5) is 23.8. The van der Waals surface area contributed by atoms with Gasteiger partial charge in [-0.15, -0.1) is 0 Å². The van der Waals surface area contributed by atoms with Crippen molar-refractivity contribution in [3.05, 3.63) is 56.7 Å². The smallest absolute Gasteiger partial charge is 0.228 e. The molecule has 1 aromatic heterocycles. The molecule has 0 radical (unpaired) electrons. The van der Waals surface area contributed by atoms with Crippen molar-refractivity contribution in [2.24, 2.45) is 0 Å². The van der Waals surface area contributed by atoms with Gasteiger partial charge in [-0.3, -0.25) is 9.59 Å². The average molecular weight is 350 g/mol. The van der Waals surface area contributed by atoms with Crippen LogP contribution < -0.4 is 5.32 Å². The lowest BCUT2D eigenvalue weighted by molar-refractivity contribution is -0.133. The second-order valence-electron chi connectivity index (χ2n) is 4.86. The number of carbonyl (C=O) groups is 2. The van der Waals surface area contributed by atoms with Crippen LogP contribution in [-0.4, -0.2) is 11.7 Å². The minimum Gasteiger partial charge on any atom is -0.342 e. The number of piperidine rings is 1. The number of thiophene rings is 1. The van der Waals surface area contributed by atoms with Crippen LogP contribution in [0.5, 0.6) is 0 Å². The summed E-state index contributed by atoms with van der Waals surface area (Å²) in [7, 11) is 0. The molecule has 1 aliphatic rings. The minimum absolute atomic E-state index is 0.0251. The first-order chi connectivity index (χ1) is 9.60. The Kier molecular flexibility index (Phi) is 3.48. The van der Waals surface area contributed by atoms with Crippen LogP contribution in [-0.2, 0) is 15.1 Å². The highest BCUT2D eigenvalue weighted by molar-refractivity contribution is 9.10. The van der Waals surface area contributed by atoms with Gasteiger partial charge >= 0.3 is 0 Å². The van der Waals surface area contributed by atoms with E-state index in [1.807, 2.05) is 41.1 Å². The van der Waals surface area contributed by atoms with Crippen LogP contribution in [0.15, 0.2) is 45.6 Å². The maximum absolute atomic E-state index is 12.0. The first kappa shape index (κ1) is 13.5. The molecule has 1 aromatic carbocycles. The SMILES string of the molecule is O=C1CC(=O)N[C@@](c2ccc(Br)cc2)(c2ccsc2)C1. The highest BCUT2D eigenvalue weighted by Gasteiger charge is 2.42. The van der Waals surface area contributed by atoms with Crippen molar-refractivity contribution >= 4 is 39.0 Å². The van der Waals surface area contributed by atoms with Crippen molar-refractivity contribution in [2.45, 2.75) is 18.4 Å². The summed E-state index contributed by atoms with van der Waals surface area (Å²) in [5, 5.41) is 6.98. The van der Waals surface area contributed by atoms with E-state index < -0.39 is 5.54 Å². The van der Waals surface area contributed by atoms with E-state index in [9.17, 15) is 9.59 Å². The van der Waals surface area contributed by atoms with Gasteiger partial charge in [0.2, 0.25) is 5.91 Å². The summed E-state index contributed by atoms with van der Waals surface area (Å²) >= 11 is 4.97. The standard InChI is InChI=1S/C15H12BrNO2S/c16-12-3-1-10(2-4-12)15(11-5-6-20-9-11)8-13(18)7-14(19)17-15/h1-6,9H,7-8H2,(H,17,19)/t15-/m0/s1. The fraction of sp³-hybridized carbons (Fsp3) is 0.200. The lowest BCUT2D eigenvalue weighted by Crippen LogP contribution is -2.52. The van der Waals surface area contributed by atoms with Crippen LogP contribution in [0.1, 0.15) is 24.0 Å². The van der Waals surface area contributed by atoms with Crippen molar-refractivity contribution in [2.75, 3.05) is 0 Å². The Hall–Kier alpha value is -1.46. The maximum Gasteiger partial charge on any atom is 0.228 e. The van der Waals surface area contributed by atoms with Crippen molar-refractivity contribution in [1.29, 1.82) is 0 Å². The van der Waals surface area contributed by atoms with Gasteiger partial charge < -0.3 is 5.32 Å². The normalized spacial score (nSPS) is 22.6. The maximum atomic E-state index is 12.0. The molecule has 0 spiro atoms. The van der Waals surface area contributed by atoms with Crippen molar-refractivity contribution < 1.29 is 9.59 Å². The Morgan fingerprint density at radius 2 is 1.85 bits per heavy atom. The van der Waals surface area contributed by atoms with Crippen LogP contribution in [0.4, 0.5) is 0 Å². The highest BCUT2D eigenvalue weighted by Crippen LogP contribution is 2.37. The number of Topliss-reactive ketones (excluding diaryl/α,β-unsaturated/α-hetero) is 1. The number of rotatable bonds is 2. The molecule has 3 rings (SSSR count). The molecule has 1 saturated heterocycles. The molecular weight excluding hydrogens is 338 g/mol. The molecule has 0 unspecified atom stereocenters. The van der Waals surface area contributed by atoms with Gasteiger partial charge in [0.25, 0.3) is 0 Å². The molecule has 2 heterocycles. The number of nitrogens with one attached hydrogen (secondary N) is 1. The van der Waals surface area contributed by atoms with Gasteiger partial charge in [0.05, 0.1) is 12.0 Å². The summed E-state index contributed by atoms with van der Waals surface area (Å²) in [5.41, 5.74) is 1.17. The number of hydrogen-bond acceptors (Lipinski definition) is 3. The van der Waals surface area contributed by atoms with Gasteiger partial charge in [0.1, 0.15) is 5.78 Å². The zero-order chi connectivity index (χ0) is 14.2. The van der Waals surface area contributed by atoms with E-state index >= 15 is 0 Å². The third kappa shape index (κ3) is 2.31. The minimum atomic E-state index is -0.729. The topological polar surface area (TPSA) is 46.2 Å². The fourth-order valence-electron chi connectivity index (χ4n) is 2.62. The van der Waals surface area contributed by atoms with Crippen LogP contribution >= 0.6 is 27.3 Å². The van der Waals surface area contributed by atoms with Crippen LogP contribution in [0, 0.1) is 0 Å². The van der Waals surface area contributed by atoms with E-state index in [4.69, 9.17) is 0 Å². The first-order valence-corrected chi connectivity index (χ1v) is 7.95. The van der Waals surface area contributed by atoms with Crippen LogP contribution in [0.25, 0.3) is 0 Å². The summed E-state index contributed by atoms with van der Waals surface area (Å²) in [6, 6.07) is 9.70. The molecule has 1 fully saturated rings. The molecule has 1 amide bonds. The zero-order valence-electron chi connectivity index (χ0n) is 10.6. The Labute approximate surface area is 129 Å². The Morgan fingerprint density at radius 1 is 1.10 bits per heavy atom. The van der Waals surface area contributed by atoms with Gasteiger partial charge in [-0.1, -0.05) is 28.1 Å². The average Bonchev–Trinajstić information content (AvgIpc) is 2.92. The summed E-state index contributed by atoms with van der Waals surface area (Å²) in [5.74, 6) is -0.238. The number of hydrogen-bond donors (Lipinski definition) is 1. The predicted molar refractivity (Wildman–Crippen MR) is 81.6 cm³/mol. The molecule has 102 valence electrons. The number of ketones is 1. The predicted octanol–water partition coefficient (Wildman–Crippen LogP) is 3.23. The van der Waals surface area contributed by atoms with E-state index in [0.29, 0.717) is 6.42 Å². The summed E-state index contributed by atoms with van der Waals surface area (Å²) in [6.07, 6.45) is 0.277. The molecular formula is C15H12BrNO2S. The van der Waals surface area contributed by atoms with Gasteiger partial charge in [-0.25, -0.2) is 0 Å². The third-order valence-electron chi connectivity index (χ3n) is 3.52. The quantitative estimate of drug-likeness (QED) is 0.846. The molecule has 1 aliphatic heterocycles. The molecule has 2 aromatic rings. The molecule has 20 heavy (non-hydrogen) atoms. The first-order valence-electron chi connectivity index (χ1n) is 6.21. The molecule has 0 saturated carbocycles. The molecule has 0 bridgehead atoms. The molecule has 3 nitrogen and oxygen atoms in total. The third-order valence-corrected chi connectivity index (χ3v) is 4.74. The van der Waals surface area contributed by atoms with E-state index in [-0.39, 0.29) is 18.1 Å². The Morgan fingerprint density at radius 3 is 2.45 bits per heavy atom. The number of amides is 1. The second kappa shape index (κ2) is 5.14. The van der Waals surface area contributed by atoms with Crippen LogP contribution in [0.2, 0.25) is 0 Å². The largest absolute Gasteiger partial charge is 0.342 e. The van der Waals surface area contributed by atoms with Gasteiger partial charge in [0, 0.05) is 10.9 Å². The zero-order valence-corrected chi connectivity index (χ0v) is 13.0. The van der Waals surface area contributed by atoms with E-state index in [1.165, 1.54) is 0 Å². The lowest BCUT2D eigenvalue weighted by atomic mass is 9.77. The molecule has 1 N–H and O–H groups in total. The summed E-state index contributed by atoms with van der Waals surface area (Å²) < 4.78 is 0.968. The lowest BCUT2D eigenvalue weighted by Gasteiger charge is -2.37. The van der Waals surface area contributed by atoms with Crippen molar-refractivity contribution in [3.8, 4) is 0 Å². The van der Waals surface area contributed by atoms with Gasteiger partial charge in [0.15, 0.2) is 0 Å². The highest BCUT2D eigenvalue weighted by atomic mass is 79.9. The second-order valence-corrected chi connectivity index (χ2v) is 6.56. The monoisotopic (exact) mass is 349 g/mol. The van der Waals surface area contributed by atoms with Crippen molar-refractivity contribution in [3.63, 3.8) is 0 Å². The Balaban J connectivity index is 2.15.